The van der Waals surface area contributed by atoms with Gasteiger partial charge in [-0.1, -0.05) is 12.1 Å². The molecular weight excluding hydrogens is 290 g/mol. The van der Waals surface area contributed by atoms with Crippen LogP contribution in [0.4, 0.5) is 0 Å². The third kappa shape index (κ3) is 3.54. The van der Waals surface area contributed by atoms with Crippen molar-refractivity contribution in [2.24, 2.45) is 0 Å². The number of oxazole rings is 1. The summed E-state index contributed by atoms with van der Waals surface area (Å²) in [4.78, 5) is 4.47. The van der Waals surface area contributed by atoms with Gasteiger partial charge in [0, 0.05) is 5.56 Å². The second-order valence-corrected chi connectivity index (χ2v) is 5.43. The summed E-state index contributed by atoms with van der Waals surface area (Å²) in [6.45, 7) is 4.45. The number of aryl methyl sites for hydroxylation is 2. The molecule has 1 aromatic heterocycles. The summed E-state index contributed by atoms with van der Waals surface area (Å²) >= 11 is 0. The van der Waals surface area contributed by atoms with Crippen molar-refractivity contribution in [3.05, 3.63) is 65.5 Å². The van der Waals surface area contributed by atoms with Crippen molar-refractivity contribution in [3.8, 4) is 23.0 Å². The van der Waals surface area contributed by atoms with E-state index >= 15 is 0 Å². The van der Waals surface area contributed by atoms with Crippen LogP contribution in [0.2, 0.25) is 0 Å². The van der Waals surface area contributed by atoms with Crippen molar-refractivity contribution >= 4 is 0 Å². The van der Waals surface area contributed by atoms with E-state index in [1.807, 2.05) is 44.2 Å². The highest BCUT2D eigenvalue weighted by atomic mass is 16.5. The molecule has 4 nitrogen and oxygen atoms in total. The molecule has 0 saturated heterocycles. The number of hydrogen-bond donors (Lipinski definition) is 0. The first kappa shape index (κ1) is 15.2. The van der Waals surface area contributed by atoms with E-state index in [1.54, 1.807) is 13.4 Å². The molecule has 23 heavy (non-hydrogen) atoms. The lowest BCUT2D eigenvalue weighted by Crippen LogP contribution is -1.97. The zero-order valence-corrected chi connectivity index (χ0v) is 13.5. The predicted molar refractivity (Wildman–Crippen MR) is 88.7 cm³/mol. The van der Waals surface area contributed by atoms with Crippen molar-refractivity contribution < 1.29 is 13.9 Å². The van der Waals surface area contributed by atoms with Crippen LogP contribution in [0.15, 0.2) is 53.1 Å². The van der Waals surface area contributed by atoms with Crippen LogP contribution in [0.5, 0.6) is 11.5 Å². The fourth-order valence-corrected chi connectivity index (χ4v) is 2.25. The van der Waals surface area contributed by atoms with E-state index in [2.05, 4.69) is 17.1 Å². The van der Waals surface area contributed by atoms with E-state index in [4.69, 9.17) is 13.9 Å². The molecule has 118 valence electrons. The number of aromatic nitrogens is 1. The number of ether oxygens (including phenoxy) is 2. The second-order valence-electron chi connectivity index (χ2n) is 5.43. The normalized spacial score (nSPS) is 10.6. The third-order valence-corrected chi connectivity index (χ3v) is 3.61. The highest BCUT2D eigenvalue weighted by Gasteiger charge is 2.08. The Hall–Kier alpha value is -2.75. The number of hydrogen-bond acceptors (Lipinski definition) is 4. The van der Waals surface area contributed by atoms with Crippen molar-refractivity contribution in [1.82, 2.24) is 4.98 Å². The van der Waals surface area contributed by atoms with E-state index in [9.17, 15) is 0 Å². The minimum atomic E-state index is 0.379. The molecule has 0 fully saturated rings. The molecule has 0 N–H and O–H groups in total. The van der Waals surface area contributed by atoms with Crippen molar-refractivity contribution in [3.63, 3.8) is 0 Å². The maximum Gasteiger partial charge on any atom is 0.226 e. The number of benzene rings is 2. The highest BCUT2D eigenvalue weighted by molar-refractivity contribution is 5.54. The first-order valence-electron chi connectivity index (χ1n) is 7.44. The van der Waals surface area contributed by atoms with Gasteiger partial charge >= 0.3 is 0 Å². The summed E-state index contributed by atoms with van der Waals surface area (Å²) in [5, 5.41) is 0. The van der Waals surface area contributed by atoms with E-state index in [1.165, 1.54) is 5.56 Å². The molecule has 0 aliphatic carbocycles. The van der Waals surface area contributed by atoms with Crippen molar-refractivity contribution in [1.29, 1.82) is 0 Å². The maximum atomic E-state index is 5.85. The number of methoxy groups -OCH3 is 1. The molecule has 0 amide bonds. The van der Waals surface area contributed by atoms with Crippen LogP contribution in [0.25, 0.3) is 11.5 Å². The van der Waals surface area contributed by atoms with Gasteiger partial charge in [0.2, 0.25) is 5.89 Å². The molecular formula is C19H19NO3. The van der Waals surface area contributed by atoms with Gasteiger partial charge in [-0.25, -0.2) is 4.98 Å². The number of nitrogens with zero attached hydrogens (tertiary/aromatic N) is 1. The van der Waals surface area contributed by atoms with Crippen LogP contribution in [-0.2, 0) is 6.61 Å². The van der Waals surface area contributed by atoms with Gasteiger partial charge in [-0.3, -0.25) is 0 Å². The van der Waals surface area contributed by atoms with Gasteiger partial charge in [0.15, 0.2) is 0 Å². The van der Waals surface area contributed by atoms with Crippen LogP contribution >= 0.6 is 0 Å². The molecule has 0 bridgehead atoms. The highest BCUT2D eigenvalue weighted by Crippen LogP contribution is 2.23. The van der Waals surface area contributed by atoms with Crippen LogP contribution in [0.3, 0.4) is 0 Å². The molecule has 0 saturated carbocycles. The summed E-state index contributed by atoms with van der Waals surface area (Å²) in [5.41, 5.74) is 3.94. The fourth-order valence-electron chi connectivity index (χ4n) is 2.25. The Morgan fingerprint density at radius 2 is 1.83 bits per heavy atom. The Morgan fingerprint density at radius 1 is 1.04 bits per heavy atom. The quantitative estimate of drug-likeness (QED) is 0.694. The summed E-state index contributed by atoms with van der Waals surface area (Å²) < 4.78 is 16.5. The Balaban J connectivity index is 1.70. The molecule has 0 radical (unpaired) electrons. The first-order chi connectivity index (χ1) is 11.2. The fraction of sp³-hybridized carbons (Fsp3) is 0.211. The lowest BCUT2D eigenvalue weighted by Gasteiger charge is -2.08. The van der Waals surface area contributed by atoms with Gasteiger partial charge in [-0.05, 0) is 55.3 Å². The van der Waals surface area contributed by atoms with Gasteiger partial charge < -0.3 is 13.9 Å². The lowest BCUT2D eigenvalue weighted by atomic mass is 10.1. The smallest absolute Gasteiger partial charge is 0.226 e. The van der Waals surface area contributed by atoms with Crippen LogP contribution in [0.1, 0.15) is 16.8 Å². The monoisotopic (exact) mass is 309 g/mol. The number of rotatable bonds is 5. The van der Waals surface area contributed by atoms with Crippen molar-refractivity contribution in [2.45, 2.75) is 20.5 Å². The van der Waals surface area contributed by atoms with Gasteiger partial charge in [-0.15, -0.1) is 0 Å². The van der Waals surface area contributed by atoms with E-state index in [-0.39, 0.29) is 0 Å². The molecule has 1 heterocycles. The molecule has 2 aromatic carbocycles. The first-order valence-corrected chi connectivity index (χ1v) is 7.44. The zero-order chi connectivity index (χ0) is 16.2. The van der Waals surface area contributed by atoms with Gasteiger partial charge in [0.1, 0.15) is 30.1 Å². The van der Waals surface area contributed by atoms with Gasteiger partial charge in [0.05, 0.1) is 7.11 Å². The molecule has 0 aliphatic rings. The Labute approximate surface area is 135 Å². The van der Waals surface area contributed by atoms with Crippen LogP contribution in [-0.4, -0.2) is 12.1 Å². The molecule has 0 atom stereocenters. The SMILES string of the molecule is COc1ccc(-c2nc(COc3cc(C)ccc3C)co2)cc1. The van der Waals surface area contributed by atoms with E-state index in [0.29, 0.717) is 12.5 Å². The summed E-state index contributed by atoms with van der Waals surface area (Å²) in [6.07, 6.45) is 1.63. The molecule has 0 unspecified atom stereocenters. The van der Waals surface area contributed by atoms with Crippen LogP contribution < -0.4 is 9.47 Å². The molecule has 4 heteroatoms. The van der Waals surface area contributed by atoms with Crippen molar-refractivity contribution in [2.75, 3.05) is 7.11 Å². The average Bonchev–Trinajstić information content (AvgIpc) is 3.05. The molecule has 0 spiro atoms. The summed E-state index contributed by atoms with van der Waals surface area (Å²) in [6, 6.07) is 13.7. The summed E-state index contributed by atoms with van der Waals surface area (Å²) in [5.74, 6) is 2.25. The zero-order valence-electron chi connectivity index (χ0n) is 13.5. The molecule has 0 aliphatic heterocycles. The second kappa shape index (κ2) is 6.57. The maximum absolute atomic E-state index is 5.85. The Kier molecular flexibility index (Phi) is 4.33. The molecule has 3 rings (SSSR count). The van der Waals surface area contributed by atoms with E-state index < -0.39 is 0 Å². The van der Waals surface area contributed by atoms with Crippen LogP contribution in [0, 0.1) is 13.8 Å². The predicted octanol–water partition coefficient (Wildman–Crippen LogP) is 4.55. The molecule has 3 aromatic rings. The van der Waals surface area contributed by atoms with E-state index in [0.717, 1.165) is 28.3 Å². The topological polar surface area (TPSA) is 44.5 Å². The largest absolute Gasteiger partial charge is 0.497 e. The average molecular weight is 309 g/mol. The lowest BCUT2D eigenvalue weighted by molar-refractivity contribution is 0.298. The Morgan fingerprint density at radius 3 is 2.57 bits per heavy atom. The third-order valence-electron chi connectivity index (χ3n) is 3.61. The minimum Gasteiger partial charge on any atom is -0.497 e. The standard InChI is InChI=1S/C19H19NO3/c1-13-4-5-14(2)18(10-13)22-11-16-12-23-19(20-16)15-6-8-17(21-3)9-7-15/h4-10,12H,11H2,1-3H3. The van der Waals surface area contributed by atoms with Gasteiger partial charge in [0.25, 0.3) is 0 Å². The Bertz CT molecular complexity index is 791. The minimum absolute atomic E-state index is 0.379. The van der Waals surface area contributed by atoms with Gasteiger partial charge in [-0.2, -0.15) is 0 Å². The summed E-state index contributed by atoms with van der Waals surface area (Å²) in [7, 11) is 1.64.